The molecule has 0 aromatic heterocycles. The highest BCUT2D eigenvalue weighted by atomic mass is 16.2. The summed E-state index contributed by atoms with van der Waals surface area (Å²) >= 11 is 0. The van der Waals surface area contributed by atoms with Crippen LogP contribution in [0.2, 0.25) is 0 Å². The third-order valence-electron chi connectivity index (χ3n) is 2.82. The lowest BCUT2D eigenvalue weighted by atomic mass is 10.4. The summed E-state index contributed by atoms with van der Waals surface area (Å²) in [5.41, 5.74) is 0. The van der Waals surface area contributed by atoms with Crippen LogP contribution in [0.15, 0.2) is 0 Å². The molecule has 0 aromatic rings. The third kappa shape index (κ3) is 1.33. The molecule has 1 saturated carbocycles. The normalized spacial score (nSPS) is 32.9. The zero-order chi connectivity index (χ0) is 8.72. The van der Waals surface area contributed by atoms with Gasteiger partial charge in [0.25, 0.3) is 0 Å². The van der Waals surface area contributed by atoms with E-state index < -0.39 is 0 Å². The minimum Gasteiger partial charge on any atom is -0.341 e. The first-order valence-corrected chi connectivity index (χ1v) is 4.62. The number of piperidine rings is 1. The molecule has 3 heteroatoms. The molecule has 1 amide bonds. The Morgan fingerprint density at radius 3 is 2.83 bits per heavy atom. The summed E-state index contributed by atoms with van der Waals surface area (Å²) in [5.74, 6) is 1.55. The number of amides is 1. The lowest BCUT2D eigenvalue weighted by molar-refractivity contribution is -0.130. The molecule has 1 aliphatic heterocycles. The van der Waals surface area contributed by atoms with Crippen LogP contribution < -0.4 is 0 Å². The Hall–Kier alpha value is -0.570. The summed E-state index contributed by atoms with van der Waals surface area (Å²) < 4.78 is 0. The number of carbonyl (C=O) groups is 1. The molecule has 1 aliphatic carbocycles. The van der Waals surface area contributed by atoms with E-state index in [2.05, 4.69) is 4.90 Å². The minimum atomic E-state index is 0.404. The van der Waals surface area contributed by atoms with Gasteiger partial charge in [0, 0.05) is 25.6 Å². The fraction of sp³-hybridized carbons (Fsp3) is 0.889. The van der Waals surface area contributed by atoms with Crippen molar-refractivity contribution < 1.29 is 4.79 Å². The smallest absolute Gasteiger partial charge is 0.226 e. The Kier molecular flexibility index (Phi) is 1.83. The van der Waals surface area contributed by atoms with E-state index in [1.807, 2.05) is 19.0 Å². The first-order valence-electron chi connectivity index (χ1n) is 4.62. The molecular formula is C9H16N2O. The molecule has 2 fully saturated rings. The van der Waals surface area contributed by atoms with E-state index in [0.717, 1.165) is 32.0 Å². The lowest BCUT2D eigenvalue weighted by Gasteiger charge is -2.20. The van der Waals surface area contributed by atoms with Gasteiger partial charge in [0.05, 0.1) is 0 Å². The highest BCUT2D eigenvalue weighted by molar-refractivity contribution is 5.84. The Labute approximate surface area is 73.3 Å². The van der Waals surface area contributed by atoms with Crippen LogP contribution >= 0.6 is 0 Å². The Bertz CT molecular complexity index is 203. The van der Waals surface area contributed by atoms with Crippen LogP contribution in [0.4, 0.5) is 0 Å². The van der Waals surface area contributed by atoms with Crippen LogP contribution in [0.5, 0.6) is 0 Å². The second-order valence-electron chi connectivity index (χ2n) is 4.19. The maximum atomic E-state index is 11.5. The molecular weight excluding hydrogens is 152 g/mol. The molecule has 12 heavy (non-hydrogen) atoms. The zero-order valence-corrected chi connectivity index (χ0v) is 7.79. The van der Waals surface area contributed by atoms with E-state index in [9.17, 15) is 4.79 Å². The van der Waals surface area contributed by atoms with Gasteiger partial charge >= 0.3 is 0 Å². The summed E-state index contributed by atoms with van der Waals surface area (Å²) in [7, 11) is 4.09. The molecule has 0 bridgehead atoms. The number of nitrogens with zero attached hydrogens (tertiary/aromatic N) is 2. The molecule has 0 N–H and O–H groups in total. The van der Waals surface area contributed by atoms with Gasteiger partial charge in [-0.15, -0.1) is 0 Å². The second kappa shape index (κ2) is 2.73. The van der Waals surface area contributed by atoms with Crippen LogP contribution in [0.3, 0.4) is 0 Å². The van der Waals surface area contributed by atoms with E-state index >= 15 is 0 Å². The molecule has 2 atom stereocenters. The van der Waals surface area contributed by atoms with Crippen molar-refractivity contribution in [3.63, 3.8) is 0 Å². The Morgan fingerprint density at radius 1 is 1.58 bits per heavy atom. The number of likely N-dealkylation sites (N-methyl/N-ethyl adjacent to an activating group) is 1. The van der Waals surface area contributed by atoms with Gasteiger partial charge in [0.15, 0.2) is 0 Å². The van der Waals surface area contributed by atoms with Crippen LogP contribution in [0, 0.1) is 11.8 Å². The van der Waals surface area contributed by atoms with Gasteiger partial charge in [-0.2, -0.15) is 0 Å². The summed E-state index contributed by atoms with van der Waals surface area (Å²) in [4.78, 5) is 15.6. The van der Waals surface area contributed by atoms with E-state index in [0.29, 0.717) is 11.8 Å². The standard InChI is InChI=1S/C9H16N2O/c1-10(2)3-4-11-6-7-5-8(7)9(11)12/h7-8H,3-6H2,1-2H3. The van der Waals surface area contributed by atoms with Crippen molar-refractivity contribution in [2.45, 2.75) is 6.42 Å². The molecule has 0 aromatic carbocycles. The topological polar surface area (TPSA) is 23.6 Å². The van der Waals surface area contributed by atoms with Crippen molar-refractivity contribution in [1.82, 2.24) is 9.80 Å². The SMILES string of the molecule is CN(C)CCN1CC2CC2C1=O. The van der Waals surface area contributed by atoms with Crippen molar-refractivity contribution in [3.8, 4) is 0 Å². The van der Waals surface area contributed by atoms with Crippen LogP contribution in [-0.4, -0.2) is 49.4 Å². The van der Waals surface area contributed by atoms with Crippen molar-refractivity contribution in [2.75, 3.05) is 33.7 Å². The first-order chi connectivity index (χ1) is 5.68. The number of fused-ring (bicyclic) bond motifs is 1. The van der Waals surface area contributed by atoms with Gasteiger partial charge in [-0.25, -0.2) is 0 Å². The lowest BCUT2D eigenvalue weighted by Crippen LogP contribution is -2.34. The molecule has 2 aliphatic rings. The van der Waals surface area contributed by atoms with Crippen molar-refractivity contribution >= 4 is 5.91 Å². The second-order valence-corrected chi connectivity index (χ2v) is 4.19. The number of hydrogen-bond donors (Lipinski definition) is 0. The van der Waals surface area contributed by atoms with Gasteiger partial charge in [0.1, 0.15) is 0 Å². The molecule has 1 heterocycles. The molecule has 0 radical (unpaired) electrons. The quantitative estimate of drug-likeness (QED) is 0.593. The molecule has 0 spiro atoms. The highest BCUT2D eigenvalue weighted by Gasteiger charge is 2.51. The molecule has 2 rings (SSSR count). The third-order valence-corrected chi connectivity index (χ3v) is 2.82. The molecule has 68 valence electrons. The maximum Gasteiger partial charge on any atom is 0.226 e. The minimum absolute atomic E-state index is 0.404. The fourth-order valence-corrected chi connectivity index (χ4v) is 1.88. The van der Waals surface area contributed by atoms with Crippen molar-refractivity contribution in [1.29, 1.82) is 0 Å². The molecule has 1 saturated heterocycles. The van der Waals surface area contributed by atoms with Gasteiger partial charge in [-0.1, -0.05) is 0 Å². The largest absolute Gasteiger partial charge is 0.341 e. The predicted octanol–water partition coefficient (Wildman–Crippen LogP) is 0.0263. The van der Waals surface area contributed by atoms with Gasteiger partial charge in [0.2, 0.25) is 5.91 Å². The molecule has 2 unspecified atom stereocenters. The average molecular weight is 168 g/mol. The summed E-state index contributed by atoms with van der Waals surface area (Å²) in [6, 6.07) is 0. The average Bonchev–Trinajstić information content (AvgIpc) is 2.70. The van der Waals surface area contributed by atoms with E-state index in [4.69, 9.17) is 0 Å². The number of carbonyl (C=O) groups excluding carboxylic acids is 1. The number of hydrogen-bond acceptors (Lipinski definition) is 2. The van der Waals surface area contributed by atoms with Gasteiger partial charge < -0.3 is 9.80 Å². The summed E-state index contributed by atoms with van der Waals surface area (Å²) in [5, 5.41) is 0. The van der Waals surface area contributed by atoms with Gasteiger partial charge in [-0.3, -0.25) is 4.79 Å². The maximum absolute atomic E-state index is 11.5. The number of rotatable bonds is 3. The van der Waals surface area contributed by atoms with Crippen molar-refractivity contribution in [2.24, 2.45) is 11.8 Å². The predicted molar refractivity (Wildman–Crippen MR) is 46.7 cm³/mol. The summed E-state index contributed by atoms with van der Waals surface area (Å²) in [6.07, 6.45) is 1.16. The Morgan fingerprint density at radius 2 is 2.33 bits per heavy atom. The Balaban J connectivity index is 1.79. The van der Waals surface area contributed by atoms with E-state index in [1.165, 1.54) is 0 Å². The van der Waals surface area contributed by atoms with Crippen molar-refractivity contribution in [3.05, 3.63) is 0 Å². The van der Waals surface area contributed by atoms with Crippen LogP contribution in [0.25, 0.3) is 0 Å². The first kappa shape index (κ1) is 8.05. The van der Waals surface area contributed by atoms with Gasteiger partial charge in [-0.05, 0) is 26.4 Å². The zero-order valence-electron chi connectivity index (χ0n) is 7.79. The number of likely N-dealkylation sites (tertiary alicyclic amines) is 1. The monoisotopic (exact) mass is 168 g/mol. The van der Waals surface area contributed by atoms with E-state index in [-0.39, 0.29) is 0 Å². The summed E-state index contributed by atoms with van der Waals surface area (Å²) in [6.45, 7) is 2.93. The van der Waals surface area contributed by atoms with Crippen LogP contribution in [-0.2, 0) is 4.79 Å². The van der Waals surface area contributed by atoms with E-state index in [1.54, 1.807) is 0 Å². The highest BCUT2D eigenvalue weighted by Crippen LogP contribution is 2.45. The van der Waals surface area contributed by atoms with Crippen LogP contribution in [0.1, 0.15) is 6.42 Å². The fourth-order valence-electron chi connectivity index (χ4n) is 1.88. The molecule has 3 nitrogen and oxygen atoms in total.